The van der Waals surface area contributed by atoms with Crippen LogP contribution in [0.4, 0.5) is 5.69 Å². The highest BCUT2D eigenvalue weighted by atomic mass is 32.1. The molecule has 5 nitrogen and oxygen atoms in total. The molecule has 1 atom stereocenters. The molecule has 4 N–H and O–H groups in total. The summed E-state index contributed by atoms with van der Waals surface area (Å²) in [4.78, 5) is 17.1. The number of para-hydroxylation sites is 1. The van der Waals surface area contributed by atoms with E-state index >= 15 is 0 Å². The van der Waals surface area contributed by atoms with Gasteiger partial charge in [-0.25, -0.2) is 0 Å². The third-order valence-electron chi connectivity index (χ3n) is 3.32. The highest BCUT2D eigenvalue weighted by Gasteiger charge is 2.19. The number of rotatable bonds is 3. The first-order valence-corrected chi connectivity index (χ1v) is 7.41. The number of hydrogen-bond acceptors (Lipinski definition) is 5. The van der Waals surface area contributed by atoms with Crippen LogP contribution in [0.2, 0.25) is 0 Å². The minimum atomic E-state index is -0.308. The zero-order chi connectivity index (χ0) is 15.0. The number of hydrogen-bond donors (Lipinski definition) is 3. The van der Waals surface area contributed by atoms with Gasteiger partial charge in [-0.15, -0.1) is 11.3 Å². The smallest absolute Gasteiger partial charge is 0.263 e. The average molecular weight is 301 g/mol. The molecule has 0 saturated heterocycles. The number of nitrogens with zero attached hydrogens (tertiary/aromatic N) is 1. The summed E-state index contributed by atoms with van der Waals surface area (Å²) in [7, 11) is 0. The number of nitrogen functional groups attached to an aromatic ring is 1. The summed E-state index contributed by atoms with van der Waals surface area (Å²) in [6.45, 7) is 1.62. The number of anilines is 1. The monoisotopic (exact) mass is 301 g/mol. The van der Waals surface area contributed by atoms with Crippen molar-refractivity contribution in [1.82, 2.24) is 10.3 Å². The van der Waals surface area contributed by atoms with E-state index in [0.717, 1.165) is 21.0 Å². The lowest BCUT2D eigenvalue weighted by molar-refractivity contribution is 0.0927. The molecule has 21 heavy (non-hydrogen) atoms. The molecule has 1 aromatic carbocycles. The van der Waals surface area contributed by atoms with Crippen molar-refractivity contribution in [3.8, 4) is 0 Å². The Balaban J connectivity index is 2.15. The van der Waals surface area contributed by atoms with E-state index in [0.29, 0.717) is 10.6 Å². The number of nitrogens with two attached hydrogens (primary N) is 1. The second kappa shape index (κ2) is 5.31. The maximum Gasteiger partial charge on any atom is 0.263 e. The molecule has 0 fully saturated rings. The van der Waals surface area contributed by atoms with Crippen molar-refractivity contribution in [3.63, 3.8) is 0 Å². The molecular formula is C15H15N3O2S. The molecule has 0 aliphatic carbocycles. The predicted molar refractivity (Wildman–Crippen MR) is 85.6 cm³/mol. The third-order valence-corrected chi connectivity index (χ3v) is 4.58. The van der Waals surface area contributed by atoms with Crippen LogP contribution in [0.1, 0.15) is 16.6 Å². The summed E-state index contributed by atoms with van der Waals surface area (Å²) in [5.41, 5.74) is 7.41. The molecule has 6 heteroatoms. The van der Waals surface area contributed by atoms with Gasteiger partial charge in [0.2, 0.25) is 0 Å². The number of carbonyl (C=O) groups excluding carboxylic acids is 1. The zero-order valence-corrected chi connectivity index (χ0v) is 12.3. The van der Waals surface area contributed by atoms with Crippen LogP contribution in [-0.2, 0) is 0 Å². The summed E-state index contributed by atoms with van der Waals surface area (Å²) in [5.74, 6) is -0.265. The first-order chi connectivity index (χ1) is 10.1. The fraction of sp³-hybridized carbons (Fsp3) is 0.200. The Bertz CT molecular complexity index is 828. The van der Waals surface area contributed by atoms with E-state index in [1.165, 1.54) is 11.3 Å². The second-order valence-corrected chi connectivity index (χ2v) is 5.94. The molecule has 0 radical (unpaired) electrons. The van der Waals surface area contributed by atoms with Crippen LogP contribution in [0, 0.1) is 0 Å². The first kappa shape index (κ1) is 13.8. The highest BCUT2D eigenvalue weighted by molar-refractivity contribution is 7.22. The van der Waals surface area contributed by atoms with Crippen molar-refractivity contribution in [1.29, 1.82) is 0 Å². The average Bonchev–Trinajstić information content (AvgIpc) is 2.85. The van der Waals surface area contributed by atoms with E-state index in [2.05, 4.69) is 10.3 Å². The van der Waals surface area contributed by atoms with Crippen molar-refractivity contribution in [2.75, 3.05) is 12.3 Å². The van der Waals surface area contributed by atoms with Gasteiger partial charge in [-0.1, -0.05) is 18.2 Å². The third kappa shape index (κ3) is 2.32. The molecule has 2 heterocycles. The van der Waals surface area contributed by atoms with E-state index < -0.39 is 0 Å². The lowest BCUT2D eigenvalue weighted by Crippen LogP contribution is -2.34. The summed E-state index contributed by atoms with van der Waals surface area (Å²) in [6.07, 6.45) is 1.70. The van der Waals surface area contributed by atoms with Gasteiger partial charge < -0.3 is 16.2 Å². The van der Waals surface area contributed by atoms with E-state index in [-0.39, 0.29) is 18.6 Å². The predicted octanol–water partition coefficient (Wildman–Crippen LogP) is 2.14. The SMILES string of the molecule is CC(CO)NC(=O)c1sc2c(cnc3ccccc32)c1N. The summed E-state index contributed by atoms with van der Waals surface area (Å²) < 4.78 is 0.958. The maximum atomic E-state index is 12.2. The highest BCUT2D eigenvalue weighted by Crippen LogP contribution is 2.37. The largest absolute Gasteiger partial charge is 0.397 e. The Labute approximate surface area is 125 Å². The Kier molecular flexibility index (Phi) is 3.48. The molecule has 1 unspecified atom stereocenters. The standard InChI is InChI=1S/C15H15N3O2S/c1-8(7-19)18-15(20)14-12(16)10-6-17-11-5-3-2-4-9(11)13(10)21-14/h2-6,8,19H,7,16H2,1H3,(H,18,20). The van der Waals surface area contributed by atoms with E-state index in [1.807, 2.05) is 24.3 Å². The Hall–Kier alpha value is -2.18. The Morgan fingerprint density at radius 2 is 2.19 bits per heavy atom. The van der Waals surface area contributed by atoms with Crippen LogP contribution in [0.25, 0.3) is 21.0 Å². The lowest BCUT2D eigenvalue weighted by Gasteiger charge is -2.09. The van der Waals surface area contributed by atoms with Gasteiger partial charge in [0.25, 0.3) is 5.91 Å². The van der Waals surface area contributed by atoms with Crippen LogP contribution in [0.3, 0.4) is 0 Å². The maximum absolute atomic E-state index is 12.2. The molecule has 3 aromatic rings. The minimum Gasteiger partial charge on any atom is -0.397 e. The molecule has 3 rings (SSSR count). The molecule has 0 bridgehead atoms. The molecular weight excluding hydrogens is 286 g/mol. The van der Waals surface area contributed by atoms with Gasteiger partial charge in [-0.2, -0.15) is 0 Å². The van der Waals surface area contributed by atoms with Crippen LogP contribution in [0.15, 0.2) is 30.5 Å². The van der Waals surface area contributed by atoms with Gasteiger partial charge in [0.15, 0.2) is 0 Å². The van der Waals surface area contributed by atoms with Crippen LogP contribution >= 0.6 is 11.3 Å². The van der Waals surface area contributed by atoms with Crippen molar-refractivity contribution in [3.05, 3.63) is 35.3 Å². The number of pyridine rings is 1. The Morgan fingerprint density at radius 3 is 2.95 bits per heavy atom. The molecule has 0 spiro atoms. The van der Waals surface area contributed by atoms with E-state index in [9.17, 15) is 4.79 Å². The van der Waals surface area contributed by atoms with Gasteiger partial charge >= 0.3 is 0 Å². The minimum absolute atomic E-state index is 0.110. The molecule has 1 amide bonds. The van der Waals surface area contributed by atoms with Crippen molar-refractivity contribution < 1.29 is 9.90 Å². The number of aliphatic hydroxyl groups is 1. The van der Waals surface area contributed by atoms with Gasteiger partial charge in [0.05, 0.1) is 17.8 Å². The molecule has 0 saturated carbocycles. The van der Waals surface area contributed by atoms with Gasteiger partial charge in [0, 0.05) is 27.7 Å². The first-order valence-electron chi connectivity index (χ1n) is 6.59. The van der Waals surface area contributed by atoms with Crippen LogP contribution < -0.4 is 11.1 Å². The topological polar surface area (TPSA) is 88.2 Å². The number of fused-ring (bicyclic) bond motifs is 3. The number of nitrogens with one attached hydrogen (secondary N) is 1. The van der Waals surface area contributed by atoms with Crippen molar-refractivity contribution in [2.24, 2.45) is 0 Å². The van der Waals surface area contributed by atoms with Crippen molar-refractivity contribution in [2.45, 2.75) is 13.0 Å². The number of carbonyl (C=O) groups is 1. The molecule has 0 aliphatic heterocycles. The van der Waals surface area contributed by atoms with Gasteiger partial charge in [0.1, 0.15) is 4.88 Å². The quantitative estimate of drug-likeness (QED) is 0.691. The zero-order valence-electron chi connectivity index (χ0n) is 11.5. The summed E-state index contributed by atoms with van der Waals surface area (Å²) in [5, 5.41) is 13.5. The molecule has 0 aliphatic rings. The second-order valence-electron chi connectivity index (χ2n) is 4.92. The van der Waals surface area contributed by atoms with Crippen LogP contribution in [-0.4, -0.2) is 28.6 Å². The summed E-state index contributed by atoms with van der Waals surface area (Å²) >= 11 is 1.36. The van der Waals surface area contributed by atoms with E-state index in [4.69, 9.17) is 10.8 Å². The van der Waals surface area contributed by atoms with Crippen LogP contribution in [0.5, 0.6) is 0 Å². The number of aromatic nitrogens is 1. The number of amides is 1. The Morgan fingerprint density at radius 1 is 1.43 bits per heavy atom. The van der Waals surface area contributed by atoms with Gasteiger partial charge in [-0.05, 0) is 13.0 Å². The van der Waals surface area contributed by atoms with E-state index in [1.54, 1.807) is 13.1 Å². The molecule has 2 aromatic heterocycles. The fourth-order valence-corrected chi connectivity index (χ4v) is 3.33. The summed E-state index contributed by atoms with van der Waals surface area (Å²) in [6, 6.07) is 7.45. The lowest BCUT2D eigenvalue weighted by atomic mass is 10.1. The normalized spacial score (nSPS) is 12.7. The number of thiophene rings is 1. The fourth-order valence-electron chi connectivity index (χ4n) is 2.20. The van der Waals surface area contributed by atoms with Crippen molar-refractivity contribution >= 4 is 43.9 Å². The van der Waals surface area contributed by atoms with Gasteiger partial charge in [-0.3, -0.25) is 9.78 Å². The number of aliphatic hydroxyl groups excluding tert-OH is 1. The molecule has 108 valence electrons. The number of benzene rings is 1.